The van der Waals surface area contributed by atoms with Gasteiger partial charge in [0.05, 0.1) is 33.1 Å². The topological polar surface area (TPSA) is 23.0 Å². The fraction of sp³-hybridized carbons (Fsp3) is 0. The molecule has 3 heterocycles. The highest BCUT2D eigenvalue weighted by Gasteiger charge is 2.20. The number of hydrogen-bond donors (Lipinski definition) is 0. The van der Waals surface area contributed by atoms with Gasteiger partial charge in [0, 0.05) is 32.6 Å². The van der Waals surface area contributed by atoms with Gasteiger partial charge in [-0.2, -0.15) is 0 Å². The molecule has 3 aromatic heterocycles. The van der Waals surface area contributed by atoms with E-state index >= 15 is 0 Å². The van der Waals surface area contributed by atoms with Gasteiger partial charge in [0.15, 0.2) is 0 Å². The standard InChI is InChI=1S/C54H34N2O/c1-3-13-35(14-4-1)37-23-27-41(28-24-37)55-47-20-10-7-17-42(47)44-29-25-39(32-50(44)55)38-26-30-49-46(31-38)43-18-8-11-21-48(43)56(49)51-33-40(36-15-5-2-6-16-36)34-53-54(51)45-19-9-12-22-52(45)57-53/h1-34H. The lowest BCUT2D eigenvalue weighted by atomic mass is 10.0. The maximum atomic E-state index is 6.56. The van der Waals surface area contributed by atoms with Crippen molar-refractivity contribution < 1.29 is 4.42 Å². The largest absolute Gasteiger partial charge is 0.456 e. The minimum Gasteiger partial charge on any atom is -0.456 e. The van der Waals surface area contributed by atoms with Crippen molar-refractivity contribution in [2.24, 2.45) is 0 Å². The SMILES string of the molecule is c1ccc(-c2ccc(-n3c4ccccc4c4ccc(-c5ccc6c(c5)c5ccccc5n6-c5cc(-c6ccccc6)cc6oc7ccccc7c56)cc43)cc2)cc1. The van der Waals surface area contributed by atoms with Crippen molar-refractivity contribution in [3.05, 3.63) is 206 Å². The van der Waals surface area contributed by atoms with E-state index < -0.39 is 0 Å². The molecule has 0 aliphatic rings. The van der Waals surface area contributed by atoms with Crippen molar-refractivity contribution in [1.29, 1.82) is 0 Å². The third-order valence-electron chi connectivity index (χ3n) is 11.7. The molecule has 0 saturated carbocycles. The van der Waals surface area contributed by atoms with Gasteiger partial charge in [-0.15, -0.1) is 0 Å². The molecule has 0 fully saturated rings. The second-order valence-electron chi connectivity index (χ2n) is 14.9. The van der Waals surface area contributed by atoms with Gasteiger partial charge < -0.3 is 13.6 Å². The fourth-order valence-electron chi connectivity index (χ4n) is 9.08. The number of para-hydroxylation sites is 3. The highest BCUT2D eigenvalue weighted by atomic mass is 16.3. The second-order valence-corrected chi connectivity index (χ2v) is 14.9. The number of hydrogen-bond acceptors (Lipinski definition) is 1. The maximum Gasteiger partial charge on any atom is 0.138 e. The molecule has 0 amide bonds. The first-order chi connectivity index (χ1) is 28.3. The molecule has 0 atom stereocenters. The van der Waals surface area contributed by atoms with Crippen molar-refractivity contribution in [3.8, 4) is 44.8 Å². The molecule has 0 aliphatic heterocycles. The minimum atomic E-state index is 0.883. The Hall–Kier alpha value is -7.62. The molecule has 0 radical (unpaired) electrons. The van der Waals surface area contributed by atoms with E-state index in [1.807, 2.05) is 6.07 Å². The van der Waals surface area contributed by atoms with E-state index in [9.17, 15) is 0 Å². The van der Waals surface area contributed by atoms with Crippen LogP contribution in [0, 0.1) is 0 Å². The summed E-state index contributed by atoms with van der Waals surface area (Å²) in [4.78, 5) is 0. The molecule has 12 rings (SSSR count). The lowest BCUT2D eigenvalue weighted by Crippen LogP contribution is -1.96. The van der Waals surface area contributed by atoms with Crippen molar-refractivity contribution in [1.82, 2.24) is 9.13 Å². The summed E-state index contributed by atoms with van der Waals surface area (Å²) in [7, 11) is 0. The van der Waals surface area contributed by atoms with Crippen LogP contribution in [0.15, 0.2) is 211 Å². The van der Waals surface area contributed by atoms with E-state index in [0.717, 1.165) is 55.5 Å². The average molecular weight is 727 g/mol. The Labute approximate surface area is 328 Å². The molecule has 0 N–H and O–H groups in total. The predicted molar refractivity (Wildman–Crippen MR) is 239 cm³/mol. The van der Waals surface area contributed by atoms with Crippen LogP contribution in [0.3, 0.4) is 0 Å². The van der Waals surface area contributed by atoms with Crippen molar-refractivity contribution in [2.45, 2.75) is 0 Å². The van der Waals surface area contributed by atoms with Crippen LogP contribution in [-0.4, -0.2) is 9.13 Å². The molecule has 3 heteroatoms. The first-order valence-corrected chi connectivity index (χ1v) is 19.5. The van der Waals surface area contributed by atoms with Crippen molar-refractivity contribution in [2.75, 3.05) is 0 Å². The van der Waals surface area contributed by atoms with Crippen LogP contribution in [0.5, 0.6) is 0 Å². The van der Waals surface area contributed by atoms with Crippen LogP contribution in [-0.2, 0) is 0 Å². The summed E-state index contributed by atoms with van der Waals surface area (Å²) in [6, 6.07) is 74.5. The van der Waals surface area contributed by atoms with Gasteiger partial charge in [0.1, 0.15) is 11.2 Å². The van der Waals surface area contributed by atoms with Gasteiger partial charge in [-0.1, -0.05) is 146 Å². The molecule has 12 aromatic rings. The third-order valence-corrected chi connectivity index (χ3v) is 11.7. The Morgan fingerprint density at radius 3 is 1.56 bits per heavy atom. The normalized spacial score (nSPS) is 11.9. The zero-order chi connectivity index (χ0) is 37.5. The molecule has 9 aromatic carbocycles. The number of furan rings is 1. The van der Waals surface area contributed by atoms with Gasteiger partial charge in [-0.25, -0.2) is 0 Å². The Bertz CT molecular complexity index is 3490. The first-order valence-electron chi connectivity index (χ1n) is 19.5. The van der Waals surface area contributed by atoms with Gasteiger partial charge in [0.25, 0.3) is 0 Å². The second kappa shape index (κ2) is 12.5. The summed E-state index contributed by atoms with van der Waals surface area (Å²) < 4.78 is 11.4. The fourth-order valence-corrected chi connectivity index (χ4v) is 9.08. The highest BCUT2D eigenvalue weighted by Crippen LogP contribution is 2.42. The van der Waals surface area contributed by atoms with Crippen LogP contribution >= 0.6 is 0 Å². The molecule has 0 bridgehead atoms. The average Bonchev–Trinajstić information content (AvgIpc) is 3.94. The van der Waals surface area contributed by atoms with E-state index in [2.05, 4.69) is 209 Å². The van der Waals surface area contributed by atoms with Crippen LogP contribution in [0.4, 0.5) is 0 Å². The maximum absolute atomic E-state index is 6.56. The number of fused-ring (bicyclic) bond motifs is 9. The molecule has 266 valence electrons. The summed E-state index contributed by atoms with van der Waals surface area (Å²) in [6.07, 6.45) is 0. The molecular formula is C54H34N2O. The summed E-state index contributed by atoms with van der Waals surface area (Å²) in [5.74, 6) is 0. The molecule has 0 unspecified atom stereocenters. The molecule has 0 saturated heterocycles. The molecule has 3 nitrogen and oxygen atoms in total. The van der Waals surface area contributed by atoms with E-state index in [1.54, 1.807) is 0 Å². The molecule has 57 heavy (non-hydrogen) atoms. The number of benzene rings is 9. The van der Waals surface area contributed by atoms with E-state index in [0.29, 0.717) is 0 Å². The van der Waals surface area contributed by atoms with Gasteiger partial charge in [-0.05, 0) is 94.0 Å². The van der Waals surface area contributed by atoms with E-state index in [4.69, 9.17) is 4.42 Å². The summed E-state index contributed by atoms with van der Waals surface area (Å²) >= 11 is 0. The highest BCUT2D eigenvalue weighted by molar-refractivity contribution is 6.16. The number of aromatic nitrogens is 2. The van der Waals surface area contributed by atoms with Crippen LogP contribution in [0.2, 0.25) is 0 Å². The van der Waals surface area contributed by atoms with Gasteiger partial charge >= 0.3 is 0 Å². The van der Waals surface area contributed by atoms with E-state index in [-0.39, 0.29) is 0 Å². The van der Waals surface area contributed by atoms with Crippen LogP contribution in [0.1, 0.15) is 0 Å². The predicted octanol–water partition coefficient (Wildman–Crippen LogP) is 14.8. The van der Waals surface area contributed by atoms with Crippen LogP contribution in [0.25, 0.3) is 110 Å². The Morgan fingerprint density at radius 1 is 0.281 bits per heavy atom. The summed E-state index contributed by atoms with van der Waals surface area (Å²) in [6.45, 7) is 0. The first kappa shape index (κ1) is 31.7. The smallest absolute Gasteiger partial charge is 0.138 e. The quantitative estimate of drug-likeness (QED) is 0.173. The number of rotatable bonds is 5. The van der Waals surface area contributed by atoms with Crippen LogP contribution < -0.4 is 0 Å². The van der Waals surface area contributed by atoms with Gasteiger partial charge in [-0.3, -0.25) is 0 Å². The zero-order valence-electron chi connectivity index (χ0n) is 30.9. The summed E-state index contributed by atoms with van der Waals surface area (Å²) in [5, 5.41) is 7.16. The number of nitrogens with zero attached hydrogens (tertiary/aromatic N) is 2. The lowest BCUT2D eigenvalue weighted by molar-refractivity contribution is 0.669. The monoisotopic (exact) mass is 726 g/mol. The lowest BCUT2D eigenvalue weighted by Gasteiger charge is -2.13. The Kier molecular flexibility index (Phi) is 6.93. The van der Waals surface area contributed by atoms with Crippen molar-refractivity contribution in [3.63, 3.8) is 0 Å². The third kappa shape index (κ3) is 4.92. The zero-order valence-corrected chi connectivity index (χ0v) is 30.9. The Balaban J connectivity index is 1.06. The molecule has 0 spiro atoms. The van der Waals surface area contributed by atoms with Crippen molar-refractivity contribution >= 4 is 65.6 Å². The minimum absolute atomic E-state index is 0.883. The molecule has 0 aliphatic carbocycles. The Morgan fingerprint density at radius 2 is 0.807 bits per heavy atom. The van der Waals surface area contributed by atoms with Gasteiger partial charge in [0.2, 0.25) is 0 Å². The molecular weight excluding hydrogens is 693 g/mol. The summed E-state index contributed by atoms with van der Waals surface area (Å²) in [5.41, 5.74) is 15.8. The van der Waals surface area contributed by atoms with E-state index in [1.165, 1.54) is 54.8 Å².